The van der Waals surface area contributed by atoms with Crippen LogP contribution in [-0.4, -0.2) is 73.9 Å². The van der Waals surface area contributed by atoms with Crippen molar-refractivity contribution in [2.75, 3.05) is 0 Å². The predicted molar refractivity (Wildman–Crippen MR) is 87.4 cm³/mol. The van der Waals surface area contributed by atoms with E-state index in [4.69, 9.17) is 10.2 Å². The summed E-state index contributed by atoms with van der Waals surface area (Å²) in [4.78, 5) is -1.13. The van der Waals surface area contributed by atoms with Gasteiger partial charge in [0.1, 0.15) is 31.7 Å². The second-order valence-corrected chi connectivity index (χ2v) is 7.45. The Morgan fingerprint density at radius 3 is 1.20 bits per heavy atom. The fourth-order valence-corrected chi connectivity index (χ4v) is 2.95. The first-order chi connectivity index (χ1) is 10.9. The molecular formula is C14H14CaO8S2. The van der Waals surface area contributed by atoms with Crippen molar-refractivity contribution in [1.82, 2.24) is 0 Å². The van der Waals surface area contributed by atoms with Crippen LogP contribution in [0.25, 0.3) is 0 Å². The molecule has 0 bridgehead atoms. The molecular weight excluding hydrogens is 400 g/mol. The van der Waals surface area contributed by atoms with Crippen LogP contribution in [0.4, 0.5) is 0 Å². The molecule has 8 nitrogen and oxygen atoms in total. The number of phenols is 2. The van der Waals surface area contributed by atoms with Crippen molar-refractivity contribution < 1.29 is 36.2 Å². The Morgan fingerprint density at radius 1 is 0.720 bits per heavy atom. The number of benzene rings is 2. The average molecular weight is 414 g/mol. The molecule has 0 atom stereocenters. The molecule has 132 valence electrons. The molecule has 0 spiro atoms. The normalized spacial score (nSPS) is 11.0. The molecule has 0 aliphatic rings. The van der Waals surface area contributed by atoms with Gasteiger partial charge in [0.15, 0.2) is 0 Å². The van der Waals surface area contributed by atoms with Crippen LogP contribution in [0.3, 0.4) is 0 Å². The Kier molecular flexibility index (Phi) is 8.85. The summed E-state index contributed by atoms with van der Waals surface area (Å²) in [7, 11) is -9.11. The molecule has 2 rings (SSSR count). The van der Waals surface area contributed by atoms with Gasteiger partial charge in [-0.15, -0.1) is 0 Å². The smallest absolute Gasteiger partial charge is 0.744 e. The Hall–Kier alpha value is -0.880. The molecule has 0 aliphatic heterocycles. The minimum Gasteiger partial charge on any atom is -0.744 e. The van der Waals surface area contributed by atoms with E-state index < -0.39 is 41.5 Å². The van der Waals surface area contributed by atoms with Crippen LogP contribution in [0.2, 0.25) is 0 Å². The Morgan fingerprint density at radius 2 is 1.00 bits per heavy atom. The summed E-state index contributed by atoms with van der Waals surface area (Å²) in [5, 5.41) is 18.3. The maximum absolute atomic E-state index is 10.5. The predicted octanol–water partition coefficient (Wildman–Crippen LogP) is 0.829. The SMILES string of the molecule is Cc1cccc(S(=O)(=O)[O-])c1O.Cc1cccc(S(=O)(=O)[O-])c1O.[Ca+2]. The Labute approximate surface area is 175 Å². The number of hydrogen-bond acceptors (Lipinski definition) is 8. The fourth-order valence-electron chi connectivity index (χ4n) is 1.67. The van der Waals surface area contributed by atoms with Crippen molar-refractivity contribution in [1.29, 1.82) is 0 Å². The Bertz CT molecular complexity index is 873. The first-order valence-electron chi connectivity index (χ1n) is 6.34. The molecule has 25 heavy (non-hydrogen) atoms. The van der Waals surface area contributed by atoms with Crippen LogP contribution in [0.5, 0.6) is 11.5 Å². The van der Waals surface area contributed by atoms with Crippen LogP contribution in [0.1, 0.15) is 11.1 Å². The maximum Gasteiger partial charge on any atom is 2.00 e. The third kappa shape index (κ3) is 6.74. The number of para-hydroxylation sites is 2. The standard InChI is InChI=1S/2C7H8O4S.Ca/c2*1-5-3-2-4-6(7(5)8)12(9,10)11;/h2*2-4,8H,1H3,(H,9,10,11);/q;;+2/p-2. The molecule has 0 aliphatic carbocycles. The van der Waals surface area contributed by atoms with E-state index in [0.29, 0.717) is 11.1 Å². The molecule has 0 aromatic heterocycles. The quantitative estimate of drug-likeness (QED) is 0.541. The van der Waals surface area contributed by atoms with Crippen LogP contribution >= 0.6 is 0 Å². The molecule has 0 unspecified atom stereocenters. The van der Waals surface area contributed by atoms with Gasteiger partial charge in [-0.1, -0.05) is 24.3 Å². The van der Waals surface area contributed by atoms with E-state index in [9.17, 15) is 25.9 Å². The average Bonchev–Trinajstić information content (AvgIpc) is 2.43. The van der Waals surface area contributed by atoms with Gasteiger partial charge in [0.25, 0.3) is 0 Å². The monoisotopic (exact) mass is 414 g/mol. The molecule has 0 heterocycles. The van der Waals surface area contributed by atoms with E-state index in [0.717, 1.165) is 12.1 Å². The zero-order chi connectivity index (χ0) is 18.7. The number of rotatable bonds is 2. The van der Waals surface area contributed by atoms with Crippen LogP contribution < -0.4 is 0 Å². The van der Waals surface area contributed by atoms with Crippen molar-refractivity contribution in [3.63, 3.8) is 0 Å². The number of phenolic OH excluding ortho intramolecular Hbond substituents is 2. The van der Waals surface area contributed by atoms with Gasteiger partial charge in [-0.3, -0.25) is 0 Å². The second-order valence-electron chi connectivity index (χ2n) is 4.75. The zero-order valence-corrected chi connectivity index (χ0v) is 17.2. The largest absolute Gasteiger partial charge is 2.00 e. The fraction of sp³-hybridized carbons (Fsp3) is 0.143. The van der Waals surface area contributed by atoms with E-state index >= 15 is 0 Å². The number of hydrogen-bond donors (Lipinski definition) is 2. The number of aromatic hydroxyl groups is 2. The first kappa shape index (κ1) is 24.1. The number of aryl methyl sites for hydroxylation is 2. The first-order valence-corrected chi connectivity index (χ1v) is 9.16. The molecule has 11 heteroatoms. The van der Waals surface area contributed by atoms with Crippen molar-refractivity contribution in [2.45, 2.75) is 23.6 Å². The van der Waals surface area contributed by atoms with E-state index in [1.807, 2.05) is 0 Å². The van der Waals surface area contributed by atoms with Crippen molar-refractivity contribution >= 4 is 58.0 Å². The van der Waals surface area contributed by atoms with Crippen LogP contribution in [-0.2, 0) is 20.2 Å². The van der Waals surface area contributed by atoms with Crippen molar-refractivity contribution in [3.05, 3.63) is 47.5 Å². The molecule has 0 saturated heterocycles. The summed E-state index contributed by atoms with van der Waals surface area (Å²) in [5.74, 6) is -0.931. The maximum atomic E-state index is 10.5. The summed E-state index contributed by atoms with van der Waals surface area (Å²) < 4.78 is 62.9. The Balaban J connectivity index is 0.000000443. The van der Waals surface area contributed by atoms with Gasteiger partial charge in [0.2, 0.25) is 0 Å². The summed E-state index contributed by atoms with van der Waals surface area (Å²) in [6, 6.07) is 7.99. The van der Waals surface area contributed by atoms with E-state index in [-0.39, 0.29) is 37.7 Å². The van der Waals surface area contributed by atoms with Crippen molar-refractivity contribution in [2.24, 2.45) is 0 Å². The zero-order valence-electron chi connectivity index (χ0n) is 13.3. The van der Waals surface area contributed by atoms with Gasteiger partial charge in [-0.25, -0.2) is 16.8 Å². The minimum atomic E-state index is -4.56. The summed E-state index contributed by atoms with van der Waals surface area (Å²) in [5.41, 5.74) is 0.735. The van der Waals surface area contributed by atoms with Gasteiger partial charge in [-0.2, -0.15) is 0 Å². The molecule has 2 N–H and O–H groups in total. The molecule has 0 saturated carbocycles. The second kappa shape index (κ2) is 9.17. The van der Waals surface area contributed by atoms with Gasteiger partial charge in [0.05, 0.1) is 9.79 Å². The molecule has 0 fully saturated rings. The van der Waals surface area contributed by atoms with E-state index in [1.165, 1.54) is 38.1 Å². The van der Waals surface area contributed by atoms with Gasteiger partial charge in [-0.05, 0) is 37.1 Å². The van der Waals surface area contributed by atoms with Gasteiger partial charge < -0.3 is 19.3 Å². The summed E-state index contributed by atoms with van der Waals surface area (Å²) in [6.45, 7) is 3.04. The van der Waals surface area contributed by atoms with Crippen LogP contribution in [0.15, 0.2) is 46.2 Å². The van der Waals surface area contributed by atoms with Gasteiger partial charge in [0, 0.05) is 0 Å². The van der Waals surface area contributed by atoms with E-state index in [2.05, 4.69) is 0 Å². The van der Waals surface area contributed by atoms with Gasteiger partial charge >= 0.3 is 37.7 Å². The molecule has 2 aromatic rings. The third-order valence-electron chi connectivity index (χ3n) is 2.94. The third-order valence-corrected chi connectivity index (χ3v) is 4.68. The van der Waals surface area contributed by atoms with E-state index in [1.54, 1.807) is 0 Å². The molecule has 2 aromatic carbocycles. The minimum absolute atomic E-state index is 0. The molecule has 0 amide bonds. The molecule has 0 radical (unpaired) electrons. The van der Waals surface area contributed by atoms with Crippen LogP contribution in [0, 0.1) is 13.8 Å². The summed E-state index contributed by atoms with van der Waals surface area (Å²) in [6.07, 6.45) is 0. The summed E-state index contributed by atoms with van der Waals surface area (Å²) >= 11 is 0. The van der Waals surface area contributed by atoms with Crippen molar-refractivity contribution in [3.8, 4) is 11.5 Å². The topological polar surface area (TPSA) is 155 Å².